The van der Waals surface area contributed by atoms with Crippen molar-refractivity contribution in [3.05, 3.63) is 34.6 Å². The van der Waals surface area contributed by atoms with Crippen LogP contribution in [-0.2, 0) is 11.2 Å². The van der Waals surface area contributed by atoms with E-state index in [4.69, 9.17) is 11.6 Å². The Bertz CT molecular complexity index is 481. The molecule has 1 amide bonds. The van der Waals surface area contributed by atoms with Crippen molar-refractivity contribution >= 4 is 17.5 Å². The summed E-state index contributed by atoms with van der Waals surface area (Å²) >= 11 is 5.98. The SMILES string of the molecule is CNC1CCC(N(C)C(=O)Cc2c(F)cccc2Cl)CC1. The first kappa shape index (κ1) is 16.2. The van der Waals surface area contributed by atoms with Crippen molar-refractivity contribution in [1.82, 2.24) is 10.2 Å². The van der Waals surface area contributed by atoms with Crippen LogP contribution in [0.2, 0.25) is 5.02 Å². The van der Waals surface area contributed by atoms with Crippen LogP contribution in [-0.4, -0.2) is 37.0 Å². The Hall–Kier alpha value is -1.13. The van der Waals surface area contributed by atoms with Gasteiger partial charge in [0.25, 0.3) is 0 Å². The van der Waals surface area contributed by atoms with Gasteiger partial charge in [0.05, 0.1) is 6.42 Å². The molecule has 0 heterocycles. The molecule has 0 bridgehead atoms. The lowest BCUT2D eigenvalue weighted by molar-refractivity contribution is -0.131. The Balaban J connectivity index is 1.97. The second kappa shape index (κ2) is 7.23. The van der Waals surface area contributed by atoms with Crippen molar-refractivity contribution in [2.24, 2.45) is 0 Å². The minimum Gasteiger partial charge on any atom is -0.342 e. The highest BCUT2D eigenvalue weighted by molar-refractivity contribution is 6.31. The van der Waals surface area contributed by atoms with Gasteiger partial charge in [0.15, 0.2) is 0 Å². The lowest BCUT2D eigenvalue weighted by atomic mass is 9.90. The summed E-state index contributed by atoms with van der Waals surface area (Å²) in [5.41, 5.74) is 0.292. The molecule has 1 aromatic rings. The smallest absolute Gasteiger partial charge is 0.227 e. The lowest BCUT2D eigenvalue weighted by Gasteiger charge is -2.34. The third-order valence-corrected chi connectivity index (χ3v) is 4.79. The van der Waals surface area contributed by atoms with Crippen LogP contribution in [0.3, 0.4) is 0 Å². The first-order valence-electron chi connectivity index (χ1n) is 7.38. The first-order chi connectivity index (χ1) is 10.0. The van der Waals surface area contributed by atoms with E-state index in [1.54, 1.807) is 24.1 Å². The van der Waals surface area contributed by atoms with Gasteiger partial charge in [-0.05, 0) is 44.9 Å². The maximum absolute atomic E-state index is 13.8. The highest BCUT2D eigenvalue weighted by Gasteiger charge is 2.26. The summed E-state index contributed by atoms with van der Waals surface area (Å²) in [4.78, 5) is 14.1. The van der Waals surface area contributed by atoms with Crippen molar-refractivity contribution in [2.75, 3.05) is 14.1 Å². The molecule has 1 aliphatic rings. The fraction of sp³-hybridized carbons (Fsp3) is 0.562. The summed E-state index contributed by atoms with van der Waals surface area (Å²) < 4.78 is 13.8. The van der Waals surface area contributed by atoms with Crippen molar-refractivity contribution in [1.29, 1.82) is 0 Å². The maximum Gasteiger partial charge on any atom is 0.227 e. The summed E-state index contributed by atoms with van der Waals surface area (Å²) in [6.45, 7) is 0. The third kappa shape index (κ3) is 3.95. The van der Waals surface area contributed by atoms with Crippen LogP contribution in [0, 0.1) is 5.82 Å². The largest absolute Gasteiger partial charge is 0.342 e. The lowest BCUT2D eigenvalue weighted by Crippen LogP contribution is -2.43. The first-order valence-corrected chi connectivity index (χ1v) is 7.76. The highest BCUT2D eigenvalue weighted by atomic mass is 35.5. The Morgan fingerprint density at radius 2 is 2.05 bits per heavy atom. The van der Waals surface area contributed by atoms with Crippen LogP contribution in [0.5, 0.6) is 0 Å². The molecule has 0 unspecified atom stereocenters. The van der Waals surface area contributed by atoms with E-state index in [2.05, 4.69) is 5.32 Å². The molecular formula is C16H22ClFN2O. The number of likely N-dealkylation sites (N-methyl/N-ethyl adjacent to an activating group) is 1. The number of halogens is 2. The Morgan fingerprint density at radius 3 is 2.62 bits per heavy atom. The summed E-state index contributed by atoms with van der Waals surface area (Å²) in [6.07, 6.45) is 4.13. The summed E-state index contributed by atoms with van der Waals surface area (Å²) in [5.74, 6) is -0.488. The second-order valence-electron chi connectivity index (χ2n) is 5.68. The third-order valence-electron chi connectivity index (χ3n) is 4.44. The van der Waals surface area contributed by atoms with Crippen molar-refractivity contribution in [3.63, 3.8) is 0 Å². The quantitative estimate of drug-likeness (QED) is 0.927. The number of hydrogen-bond acceptors (Lipinski definition) is 2. The molecule has 1 fully saturated rings. The van der Waals surface area contributed by atoms with Crippen molar-refractivity contribution in [3.8, 4) is 0 Å². The molecule has 0 radical (unpaired) electrons. The zero-order valence-corrected chi connectivity index (χ0v) is 13.3. The number of rotatable bonds is 4. The van der Waals surface area contributed by atoms with Gasteiger partial charge in [0, 0.05) is 29.7 Å². The number of benzene rings is 1. The Kier molecular flexibility index (Phi) is 5.59. The zero-order chi connectivity index (χ0) is 15.4. The number of carbonyl (C=O) groups excluding carboxylic acids is 1. The molecule has 5 heteroatoms. The van der Waals surface area contributed by atoms with Crippen LogP contribution in [0.15, 0.2) is 18.2 Å². The van der Waals surface area contributed by atoms with Crippen LogP contribution >= 0.6 is 11.6 Å². The van der Waals surface area contributed by atoms with Gasteiger partial charge in [0.2, 0.25) is 5.91 Å². The minimum atomic E-state index is -0.414. The minimum absolute atomic E-state index is 0.0218. The van der Waals surface area contributed by atoms with E-state index in [-0.39, 0.29) is 18.4 Å². The molecule has 21 heavy (non-hydrogen) atoms. The molecule has 2 rings (SSSR count). The second-order valence-corrected chi connectivity index (χ2v) is 6.08. The average Bonchev–Trinajstić information content (AvgIpc) is 2.50. The molecule has 0 saturated heterocycles. The predicted octanol–water partition coefficient (Wildman–Crippen LogP) is 3.01. The number of nitrogens with zero attached hydrogens (tertiary/aromatic N) is 1. The van der Waals surface area contributed by atoms with Crippen LogP contribution in [0.25, 0.3) is 0 Å². The molecule has 1 saturated carbocycles. The number of hydrogen-bond donors (Lipinski definition) is 1. The van der Waals surface area contributed by atoms with Gasteiger partial charge in [-0.1, -0.05) is 17.7 Å². The number of carbonyl (C=O) groups is 1. The van der Waals surface area contributed by atoms with E-state index in [1.165, 1.54) is 6.07 Å². The molecular weight excluding hydrogens is 291 g/mol. The van der Waals surface area contributed by atoms with Gasteiger partial charge in [0.1, 0.15) is 5.82 Å². The van der Waals surface area contributed by atoms with Crippen LogP contribution < -0.4 is 5.32 Å². The van der Waals surface area contributed by atoms with Gasteiger partial charge in [-0.25, -0.2) is 4.39 Å². The summed E-state index contributed by atoms with van der Waals surface area (Å²) in [6, 6.07) is 5.30. The average molecular weight is 313 g/mol. The van der Waals surface area contributed by atoms with E-state index in [0.717, 1.165) is 25.7 Å². The van der Waals surface area contributed by atoms with E-state index >= 15 is 0 Å². The van der Waals surface area contributed by atoms with Crippen LogP contribution in [0.1, 0.15) is 31.2 Å². The fourth-order valence-corrected chi connectivity index (χ4v) is 3.16. The Labute approximate surface area is 130 Å². The monoisotopic (exact) mass is 312 g/mol. The standard InChI is InChI=1S/C16H22ClFN2O/c1-19-11-6-8-12(9-7-11)20(2)16(21)10-13-14(17)4-3-5-15(13)18/h3-5,11-12,19H,6-10H2,1-2H3. The Morgan fingerprint density at radius 1 is 1.38 bits per heavy atom. The molecule has 1 N–H and O–H groups in total. The topological polar surface area (TPSA) is 32.3 Å². The summed E-state index contributed by atoms with van der Waals surface area (Å²) in [5, 5.41) is 3.59. The van der Waals surface area contributed by atoms with Gasteiger partial charge in [-0.15, -0.1) is 0 Å². The maximum atomic E-state index is 13.8. The highest BCUT2D eigenvalue weighted by Crippen LogP contribution is 2.24. The molecule has 1 aromatic carbocycles. The van der Waals surface area contributed by atoms with E-state index < -0.39 is 5.82 Å². The van der Waals surface area contributed by atoms with Gasteiger partial charge < -0.3 is 10.2 Å². The molecule has 3 nitrogen and oxygen atoms in total. The molecule has 0 spiro atoms. The van der Waals surface area contributed by atoms with Gasteiger partial charge in [-0.3, -0.25) is 4.79 Å². The van der Waals surface area contributed by atoms with Crippen molar-refractivity contribution in [2.45, 2.75) is 44.2 Å². The number of nitrogens with one attached hydrogen (secondary N) is 1. The molecule has 0 aromatic heterocycles. The molecule has 1 aliphatic carbocycles. The van der Waals surface area contributed by atoms with Gasteiger partial charge in [-0.2, -0.15) is 0 Å². The molecule has 0 aliphatic heterocycles. The zero-order valence-electron chi connectivity index (χ0n) is 12.5. The normalized spacial score (nSPS) is 22.1. The van der Waals surface area contributed by atoms with Crippen molar-refractivity contribution < 1.29 is 9.18 Å². The van der Waals surface area contributed by atoms with Crippen LogP contribution in [0.4, 0.5) is 4.39 Å². The number of amides is 1. The van der Waals surface area contributed by atoms with E-state index in [9.17, 15) is 9.18 Å². The predicted molar refractivity (Wildman–Crippen MR) is 83.0 cm³/mol. The molecule has 116 valence electrons. The van der Waals surface area contributed by atoms with E-state index in [1.807, 2.05) is 7.05 Å². The molecule has 0 atom stereocenters. The summed E-state index contributed by atoms with van der Waals surface area (Å²) in [7, 11) is 3.78. The van der Waals surface area contributed by atoms with E-state index in [0.29, 0.717) is 16.6 Å². The van der Waals surface area contributed by atoms with Gasteiger partial charge >= 0.3 is 0 Å². The fourth-order valence-electron chi connectivity index (χ4n) is 2.93.